The Hall–Kier alpha value is -4.43. The number of hydrogen-bond donors (Lipinski definition) is 7. The molecule has 0 aromatic carbocycles. The molecule has 0 bridgehead atoms. The van der Waals surface area contributed by atoms with Gasteiger partial charge in [-0.1, -0.05) is 0 Å². The van der Waals surface area contributed by atoms with Gasteiger partial charge in [0.1, 0.15) is 17.5 Å². The Morgan fingerprint density at radius 1 is 1.32 bits per heavy atom. The van der Waals surface area contributed by atoms with Crippen LogP contribution in [-0.4, -0.2) is 75.2 Å². The molecule has 1 aliphatic rings. The smallest absolute Gasteiger partial charge is 0.326 e. The van der Waals surface area contributed by atoms with Gasteiger partial charge in [0.05, 0.1) is 11.6 Å². The molecule has 8 N–H and O–H groups in total. The number of carbonyl (C=O) groups is 3. The number of hydrogen-bond acceptors (Lipinski definition) is 10. The van der Waals surface area contributed by atoms with Crippen LogP contribution in [0.5, 0.6) is 0 Å². The first-order valence-corrected chi connectivity index (χ1v) is 10.1. The third-order valence-corrected chi connectivity index (χ3v) is 5.18. The zero-order valence-electron chi connectivity index (χ0n) is 18.0. The molecule has 0 saturated carbocycles. The molecule has 3 heterocycles. The largest absolute Gasteiger partial charge is 0.481 e. The van der Waals surface area contributed by atoms with Gasteiger partial charge in [-0.15, -0.1) is 0 Å². The number of carboxylic acids is 2. The molecule has 182 valence electrons. The maximum absolute atomic E-state index is 14.5. The zero-order valence-corrected chi connectivity index (χ0v) is 18.0. The number of aromatic amines is 1. The molecule has 14 nitrogen and oxygen atoms in total. The lowest BCUT2D eigenvalue weighted by molar-refractivity contribution is -0.140. The number of pyridine rings is 1. The van der Waals surface area contributed by atoms with E-state index >= 15 is 0 Å². The summed E-state index contributed by atoms with van der Waals surface area (Å²) in [7, 11) is 1.70. The Morgan fingerprint density at radius 3 is 2.71 bits per heavy atom. The summed E-state index contributed by atoms with van der Waals surface area (Å²) in [5, 5.41) is 25.9. The van der Waals surface area contributed by atoms with Gasteiger partial charge in [-0.3, -0.25) is 19.4 Å². The number of aliphatic carboxylic acids is 2. The van der Waals surface area contributed by atoms with Crippen molar-refractivity contribution in [2.24, 2.45) is 0 Å². The lowest BCUT2D eigenvalue weighted by Gasteiger charge is -2.35. The number of aromatic nitrogens is 3. The van der Waals surface area contributed by atoms with Crippen molar-refractivity contribution < 1.29 is 29.0 Å². The van der Waals surface area contributed by atoms with Crippen LogP contribution in [0, 0.1) is 5.95 Å². The zero-order chi connectivity index (χ0) is 25.0. The number of nitrogen functional groups attached to an aromatic ring is 1. The third kappa shape index (κ3) is 5.48. The monoisotopic (exact) mass is 478 g/mol. The Kier molecular flexibility index (Phi) is 7.13. The van der Waals surface area contributed by atoms with E-state index in [1.165, 1.54) is 6.07 Å². The maximum atomic E-state index is 14.5. The van der Waals surface area contributed by atoms with Gasteiger partial charge in [0.15, 0.2) is 5.82 Å². The summed E-state index contributed by atoms with van der Waals surface area (Å²) in [5.41, 5.74) is 4.95. The van der Waals surface area contributed by atoms with Crippen LogP contribution < -0.4 is 32.1 Å². The average molecular weight is 478 g/mol. The highest BCUT2D eigenvalue weighted by Crippen LogP contribution is 2.25. The van der Waals surface area contributed by atoms with Crippen molar-refractivity contribution in [3.63, 3.8) is 0 Å². The molecule has 2 aromatic heterocycles. The number of carbonyl (C=O) groups excluding carboxylic acids is 1. The molecule has 1 aliphatic heterocycles. The maximum Gasteiger partial charge on any atom is 0.326 e. The van der Waals surface area contributed by atoms with E-state index in [4.69, 9.17) is 15.9 Å². The number of nitrogens with zero attached hydrogens (tertiary/aromatic N) is 3. The summed E-state index contributed by atoms with van der Waals surface area (Å²) in [6.07, 6.45) is -0.840. The fraction of sp³-hybridized carbons (Fsp3) is 0.368. The van der Waals surface area contributed by atoms with Crippen molar-refractivity contribution in [3.05, 3.63) is 34.0 Å². The molecule has 0 spiro atoms. The second-order valence-corrected chi connectivity index (χ2v) is 7.51. The van der Waals surface area contributed by atoms with Crippen molar-refractivity contribution in [2.45, 2.75) is 24.9 Å². The number of fused-ring (bicyclic) bond motifs is 1. The van der Waals surface area contributed by atoms with E-state index in [9.17, 15) is 23.6 Å². The van der Waals surface area contributed by atoms with E-state index in [-0.39, 0.29) is 30.8 Å². The molecule has 1 amide bonds. The average Bonchev–Trinajstić information content (AvgIpc) is 2.75. The van der Waals surface area contributed by atoms with Crippen molar-refractivity contribution in [1.29, 1.82) is 0 Å². The number of H-pyrrole nitrogens is 1. The van der Waals surface area contributed by atoms with E-state index < -0.39 is 47.4 Å². The molecule has 3 rings (SSSR count). The number of nitrogens with one attached hydrogen (secondary N) is 4. The Balaban J connectivity index is 1.64. The summed E-state index contributed by atoms with van der Waals surface area (Å²) in [5.74, 6) is -4.39. The highest BCUT2D eigenvalue weighted by Gasteiger charge is 2.28. The molecule has 15 heteroatoms. The Morgan fingerprint density at radius 2 is 2.06 bits per heavy atom. The fourth-order valence-electron chi connectivity index (χ4n) is 3.36. The molecular formula is C19H23FN8O6. The minimum absolute atomic E-state index is 0.0124. The van der Waals surface area contributed by atoms with Gasteiger partial charge in [-0.05, 0) is 18.6 Å². The van der Waals surface area contributed by atoms with Crippen molar-refractivity contribution >= 4 is 41.1 Å². The second kappa shape index (κ2) is 10.0. The van der Waals surface area contributed by atoms with Gasteiger partial charge in [0.25, 0.3) is 11.5 Å². The van der Waals surface area contributed by atoms with E-state index in [2.05, 4.69) is 30.9 Å². The molecule has 34 heavy (non-hydrogen) atoms. The van der Waals surface area contributed by atoms with Gasteiger partial charge in [-0.25, -0.2) is 9.78 Å². The van der Waals surface area contributed by atoms with Crippen LogP contribution in [-0.2, 0) is 9.59 Å². The fourth-order valence-corrected chi connectivity index (χ4v) is 3.36. The van der Waals surface area contributed by atoms with Crippen LogP contribution in [0.2, 0.25) is 0 Å². The van der Waals surface area contributed by atoms with Crippen molar-refractivity contribution in [1.82, 2.24) is 20.3 Å². The van der Waals surface area contributed by atoms with Crippen molar-refractivity contribution in [3.8, 4) is 0 Å². The van der Waals surface area contributed by atoms with Gasteiger partial charge in [0.2, 0.25) is 11.9 Å². The summed E-state index contributed by atoms with van der Waals surface area (Å²) in [6, 6.07) is 0.735. The van der Waals surface area contributed by atoms with E-state index in [1.54, 1.807) is 11.9 Å². The van der Waals surface area contributed by atoms with Gasteiger partial charge in [0, 0.05) is 26.6 Å². The molecule has 0 unspecified atom stereocenters. The predicted octanol–water partition coefficient (Wildman–Crippen LogP) is -0.724. The van der Waals surface area contributed by atoms with Crippen molar-refractivity contribution in [2.75, 3.05) is 41.4 Å². The standard InChI is InChI=1S/C19H23FN8O6/c1-28-8(7-23-15-13(28)17(32)27-19(21)26-15)6-22-11-4-2-9(14(20)25-11)16(31)24-10(18(33)34)3-5-12(29)30/h2,4,8,10H,3,5-7H2,1H3,(H,22,25)(H,24,31)(H,29,30)(H,33,34)(H4,21,23,26,27,32)/t8-,10+/m1/s1. The minimum Gasteiger partial charge on any atom is -0.481 e. The molecule has 2 atom stereocenters. The minimum atomic E-state index is -1.49. The van der Waals surface area contributed by atoms with Crippen LogP contribution in [0.15, 0.2) is 16.9 Å². The highest BCUT2D eigenvalue weighted by atomic mass is 19.1. The summed E-state index contributed by atoms with van der Waals surface area (Å²) in [6.45, 7) is 0.656. The lowest BCUT2D eigenvalue weighted by Crippen LogP contribution is -2.48. The topological polar surface area (TPSA) is 216 Å². The molecule has 2 aromatic rings. The molecule has 0 radical (unpaired) electrons. The normalized spacial score (nSPS) is 15.6. The van der Waals surface area contributed by atoms with E-state index in [0.717, 1.165) is 6.07 Å². The summed E-state index contributed by atoms with van der Waals surface area (Å²) < 4.78 is 14.5. The number of anilines is 4. The number of carboxylic acid groups (broad SMARTS) is 2. The predicted molar refractivity (Wildman–Crippen MR) is 118 cm³/mol. The third-order valence-electron chi connectivity index (χ3n) is 5.18. The van der Waals surface area contributed by atoms with E-state index in [1.807, 2.05) is 0 Å². The molecular weight excluding hydrogens is 455 g/mol. The molecule has 0 fully saturated rings. The second-order valence-electron chi connectivity index (χ2n) is 7.51. The van der Waals surface area contributed by atoms with Crippen LogP contribution in [0.4, 0.5) is 27.7 Å². The van der Waals surface area contributed by atoms with Crippen LogP contribution in [0.25, 0.3) is 0 Å². The summed E-state index contributed by atoms with van der Waals surface area (Å²) in [4.78, 5) is 58.2. The highest BCUT2D eigenvalue weighted by molar-refractivity contribution is 5.96. The quantitative estimate of drug-likeness (QED) is 0.222. The first-order valence-electron chi connectivity index (χ1n) is 10.1. The van der Waals surface area contributed by atoms with Gasteiger partial charge < -0.3 is 36.8 Å². The number of likely N-dealkylation sites (N-methyl/N-ethyl adjacent to an activating group) is 1. The van der Waals surface area contributed by atoms with Crippen LogP contribution in [0.3, 0.4) is 0 Å². The first-order chi connectivity index (χ1) is 16.1. The Labute approximate surface area is 191 Å². The number of nitrogens with two attached hydrogens (primary N) is 1. The van der Waals surface area contributed by atoms with Crippen LogP contribution >= 0.6 is 0 Å². The first kappa shape index (κ1) is 24.2. The van der Waals surface area contributed by atoms with Crippen LogP contribution in [0.1, 0.15) is 23.2 Å². The van der Waals surface area contributed by atoms with Gasteiger partial charge in [-0.2, -0.15) is 9.37 Å². The summed E-state index contributed by atoms with van der Waals surface area (Å²) >= 11 is 0. The van der Waals surface area contributed by atoms with E-state index in [0.29, 0.717) is 18.1 Å². The Bertz CT molecular complexity index is 1170. The lowest BCUT2D eigenvalue weighted by atomic mass is 10.1. The van der Waals surface area contributed by atoms with Gasteiger partial charge >= 0.3 is 11.9 Å². The number of halogens is 1. The SMILES string of the molecule is CN1c2c(nc(N)[nH]c2=O)NC[C@H]1CNc1ccc(C(=O)N[C@@H](CCC(=O)O)C(=O)O)c(F)n1. The molecule has 0 aliphatic carbocycles. The number of amides is 1. The number of rotatable bonds is 9. The molecule has 0 saturated heterocycles.